The highest BCUT2D eigenvalue weighted by Crippen LogP contribution is 2.30. The van der Waals surface area contributed by atoms with E-state index in [1.807, 2.05) is 42.6 Å². The van der Waals surface area contributed by atoms with E-state index in [2.05, 4.69) is 63.4 Å². The van der Waals surface area contributed by atoms with Crippen molar-refractivity contribution < 1.29 is 4.79 Å². The number of amides is 1. The first kappa shape index (κ1) is 23.5. The topological polar surface area (TPSA) is 59.8 Å². The molecule has 6 heteroatoms. The van der Waals surface area contributed by atoms with Crippen molar-refractivity contribution in [2.75, 3.05) is 0 Å². The van der Waals surface area contributed by atoms with Crippen LogP contribution in [0.3, 0.4) is 0 Å². The van der Waals surface area contributed by atoms with Gasteiger partial charge in [-0.1, -0.05) is 78.5 Å². The lowest BCUT2D eigenvalue weighted by molar-refractivity contribution is 0.0932. The van der Waals surface area contributed by atoms with Crippen LogP contribution in [0.25, 0.3) is 11.0 Å². The third-order valence-corrected chi connectivity index (χ3v) is 8.01. The van der Waals surface area contributed by atoms with Crippen molar-refractivity contribution in [3.8, 4) is 0 Å². The molecule has 0 saturated carbocycles. The highest BCUT2D eigenvalue weighted by Gasteiger charge is 2.22. The molecule has 5 aromatic rings. The molecule has 0 aliphatic heterocycles. The minimum atomic E-state index is -0.0157. The Morgan fingerprint density at radius 1 is 0.946 bits per heavy atom. The summed E-state index contributed by atoms with van der Waals surface area (Å²) in [6.07, 6.45) is 6.84. The fourth-order valence-electron chi connectivity index (χ4n) is 5.02. The lowest BCUT2D eigenvalue weighted by Crippen LogP contribution is -2.30. The standard InChI is InChI=1S/C31H28N4OS/c36-30(33-27-12-6-10-24-9-4-5-11-26(24)27)25-15-13-23(14-16-25)21-37-31-34-28-17-18-32-19-29(28)35(31)20-22-7-2-1-3-8-22/h1-5,7-9,11,13-19,27H,6,10,12,20-21H2,(H,33,36)/t27-/m1/s1. The van der Waals surface area contributed by atoms with Gasteiger partial charge in [-0.3, -0.25) is 9.78 Å². The fourth-order valence-corrected chi connectivity index (χ4v) is 5.99. The van der Waals surface area contributed by atoms with E-state index in [0.717, 1.165) is 53.3 Å². The van der Waals surface area contributed by atoms with Gasteiger partial charge in [-0.25, -0.2) is 4.98 Å². The third-order valence-electron chi connectivity index (χ3n) is 6.96. The van der Waals surface area contributed by atoms with Crippen molar-refractivity contribution in [1.82, 2.24) is 19.9 Å². The van der Waals surface area contributed by atoms with Gasteiger partial charge in [0.15, 0.2) is 5.16 Å². The molecule has 6 rings (SSSR count). The summed E-state index contributed by atoms with van der Waals surface area (Å²) in [6.45, 7) is 0.745. The molecule has 0 unspecified atom stereocenters. The van der Waals surface area contributed by atoms with E-state index >= 15 is 0 Å². The molecule has 0 saturated heterocycles. The van der Waals surface area contributed by atoms with Crippen LogP contribution in [0.2, 0.25) is 0 Å². The van der Waals surface area contributed by atoms with Gasteiger partial charge in [-0.2, -0.15) is 0 Å². The number of nitrogens with one attached hydrogen (secondary N) is 1. The third kappa shape index (κ3) is 5.16. The molecule has 1 atom stereocenters. The second-order valence-electron chi connectivity index (χ2n) is 9.43. The van der Waals surface area contributed by atoms with Gasteiger partial charge in [-0.05, 0) is 59.7 Å². The van der Waals surface area contributed by atoms with E-state index in [1.165, 1.54) is 16.7 Å². The summed E-state index contributed by atoms with van der Waals surface area (Å²) in [7, 11) is 0. The number of hydrogen-bond acceptors (Lipinski definition) is 4. The summed E-state index contributed by atoms with van der Waals surface area (Å²) < 4.78 is 2.23. The second-order valence-corrected chi connectivity index (χ2v) is 10.4. The molecule has 37 heavy (non-hydrogen) atoms. The zero-order valence-corrected chi connectivity index (χ0v) is 21.3. The molecule has 0 spiro atoms. The maximum atomic E-state index is 13.0. The number of nitrogens with zero attached hydrogens (tertiary/aromatic N) is 3. The molecule has 1 aliphatic carbocycles. The van der Waals surface area contributed by atoms with Crippen LogP contribution in [0.15, 0.2) is 102 Å². The smallest absolute Gasteiger partial charge is 0.251 e. The highest BCUT2D eigenvalue weighted by atomic mass is 32.2. The predicted molar refractivity (Wildman–Crippen MR) is 149 cm³/mol. The number of fused-ring (bicyclic) bond motifs is 2. The number of carbonyl (C=O) groups excluding carboxylic acids is 1. The van der Waals surface area contributed by atoms with Gasteiger partial charge >= 0.3 is 0 Å². The molecular formula is C31H28N4OS. The van der Waals surface area contributed by atoms with Crippen LogP contribution in [0.5, 0.6) is 0 Å². The van der Waals surface area contributed by atoms with Crippen LogP contribution in [-0.4, -0.2) is 20.4 Å². The Bertz CT molecular complexity index is 1530. The SMILES string of the molecule is O=C(N[C@@H]1CCCc2ccccc21)c1ccc(CSc2nc3ccncc3n2Cc2ccccc2)cc1. The molecule has 0 fully saturated rings. The number of carbonyl (C=O) groups is 1. The lowest BCUT2D eigenvalue weighted by atomic mass is 9.87. The van der Waals surface area contributed by atoms with Crippen LogP contribution in [0.4, 0.5) is 0 Å². The number of aryl methyl sites for hydroxylation is 1. The average molecular weight is 505 g/mol. The molecule has 3 aromatic carbocycles. The monoisotopic (exact) mass is 504 g/mol. The van der Waals surface area contributed by atoms with Gasteiger partial charge in [0.05, 0.1) is 29.8 Å². The first-order valence-electron chi connectivity index (χ1n) is 12.7. The Morgan fingerprint density at radius 2 is 1.76 bits per heavy atom. The molecular weight excluding hydrogens is 476 g/mol. The van der Waals surface area contributed by atoms with Gasteiger partial charge in [0.2, 0.25) is 0 Å². The number of hydrogen-bond donors (Lipinski definition) is 1. The van der Waals surface area contributed by atoms with Gasteiger partial charge in [0.1, 0.15) is 0 Å². The summed E-state index contributed by atoms with van der Waals surface area (Å²) in [5, 5.41) is 4.21. The summed E-state index contributed by atoms with van der Waals surface area (Å²) in [5.41, 5.74) is 7.66. The Hall–Kier alpha value is -3.90. The van der Waals surface area contributed by atoms with Crippen LogP contribution in [0.1, 0.15) is 51.5 Å². The molecule has 1 amide bonds. The van der Waals surface area contributed by atoms with Crippen molar-refractivity contribution in [1.29, 1.82) is 0 Å². The predicted octanol–water partition coefficient (Wildman–Crippen LogP) is 6.58. The zero-order chi connectivity index (χ0) is 25.0. The van der Waals surface area contributed by atoms with E-state index in [4.69, 9.17) is 4.98 Å². The first-order chi connectivity index (χ1) is 18.2. The largest absolute Gasteiger partial charge is 0.345 e. The molecule has 1 aliphatic rings. The van der Waals surface area contributed by atoms with Crippen molar-refractivity contribution in [2.45, 2.75) is 42.8 Å². The van der Waals surface area contributed by atoms with Crippen LogP contribution >= 0.6 is 11.8 Å². The van der Waals surface area contributed by atoms with Crippen molar-refractivity contribution in [3.05, 3.63) is 125 Å². The number of rotatable bonds is 7. The Kier molecular flexibility index (Phi) is 6.74. The average Bonchev–Trinajstić information content (AvgIpc) is 3.30. The maximum absolute atomic E-state index is 13.0. The van der Waals surface area contributed by atoms with Crippen molar-refractivity contribution in [3.63, 3.8) is 0 Å². The lowest BCUT2D eigenvalue weighted by Gasteiger charge is -2.26. The minimum Gasteiger partial charge on any atom is -0.345 e. The summed E-state index contributed by atoms with van der Waals surface area (Å²) in [4.78, 5) is 22.2. The van der Waals surface area contributed by atoms with Crippen LogP contribution in [0, 0.1) is 0 Å². The minimum absolute atomic E-state index is 0.0157. The van der Waals surface area contributed by atoms with E-state index in [0.29, 0.717) is 5.56 Å². The number of pyridine rings is 1. The van der Waals surface area contributed by atoms with E-state index < -0.39 is 0 Å². The normalized spacial score (nSPS) is 14.9. The van der Waals surface area contributed by atoms with Gasteiger partial charge in [0, 0.05) is 17.5 Å². The Balaban J connectivity index is 1.14. The number of benzene rings is 3. The molecule has 5 nitrogen and oxygen atoms in total. The Labute approximate surface area is 221 Å². The van der Waals surface area contributed by atoms with Gasteiger partial charge < -0.3 is 9.88 Å². The van der Waals surface area contributed by atoms with E-state index in [9.17, 15) is 4.79 Å². The maximum Gasteiger partial charge on any atom is 0.251 e. The van der Waals surface area contributed by atoms with Gasteiger partial charge in [-0.15, -0.1) is 0 Å². The van der Waals surface area contributed by atoms with Gasteiger partial charge in [0.25, 0.3) is 5.91 Å². The van der Waals surface area contributed by atoms with E-state index in [-0.39, 0.29) is 11.9 Å². The molecule has 2 aromatic heterocycles. The van der Waals surface area contributed by atoms with Crippen LogP contribution < -0.4 is 5.32 Å². The summed E-state index contributed by atoms with van der Waals surface area (Å²) >= 11 is 1.70. The fraction of sp³-hybridized carbons (Fsp3) is 0.194. The van der Waals surface area contributed by atoms with Crippen molar-refractivity contribution in [2.24, 2.45) is 0 Å². The quantitative estimate of drug-likeness (QED) is 0.254. The number of thioether (sulfide) groups is 1. The first-order valence-corrected chi connectivity index (χ1v) is 13.7. The van der Waals surface area contributed by atoms with Crippen LogP contribution in [-0.2, 0) is 18.7 Å². The second kappa shape index (κ2) is 10.6. The summed E-state index contributed by atoms with van der Waals surface area (Å²) in [6, 6.07) is 28.8. The highest BCUT2D eigenvalue weighted by molar-refractivity contribution is 7.98. The molecule has 0 bridgehead atoms. The molecule has 0 radical (unpaired) electrons. The molecule has 1 N–H and O–H groups in total. The summed E-state index contributed by atoms with van der Waals surface area (Å²) in [5.74, 6) is 0.752. The van der Waals surface area contributed by atoms with Crippen molar-refractivity contribution >= 4 is 28.7 Å². The molecule has 2 heterocycles. The van der Waals surface area contributed by atoms with E-state index in [1.54, 1.807) is 18.0 Å². The number of imidazole rings is 1. The molecule has 184 valence electrons. The Morgan fingerprint density at radius 3 is 2.62 bits per heavy atom. The number of aromatic nitrogens is 3. The zero-order valence-electron chi connectivity index (χ0n) is 20.5.